The van der Waals surface area contributed by atoms with Crippen molar-refractivity contribution in [2.24, 2.45) is 0 Å². The Morgan fingerprint density at radius 1 is 0.345 bits per heavy atom. The van der Waals surface area contributed by atoms with Crippen LogP contribution in [0.3, 0.4) is 0 Å². The van der Waals surface area contributed by atoms with Crippen molar-refractivity contribution in [3.05, 3.63) is 253 Å². The van der Waals surface area contributed by atoms with Gasteiger partial charge in [-0.2, -0.15) is 0 Å². The van der Waals surface area contributed by atoms with E-state index in [9.17, 15) is 0 Å². The molecular weight excluding hydrogens is 1020 g/mol. The summed E-state index contributed by atoms with van der Waals surface area (Å²) in [7, 11) is 0. The van der Waals surface area contributed by atoms with Crippen molar-refractivity contribution in [1.82, 2.24) is 0 Å². The summed E-state index contributed by atoms with van der Waals surface area (Å²) in [5.74, 6) is 0. The second-order valence-electron chi connectivity index (χ2n) is 26.2. The second kappa shape index (κ2) is 19.0. The molecule has 15 rings (SSSR count). The van der Waals surface area contributed by atoms with Crippen molar-refractivity contribution < 1.29 is 8.83 Å². The lowest BCUT2D eigenvalue weighted by molar-refractivity contribution is 0.590. The van der Waals surface area contributed by atoms with Crippen molar-refractivity contribution in [2.75, 3.05) is 14.7 Å². The molecule has 0 amide bonds. The first kappa shape index (κ1) is 51.4. The van der Waals surface area contributed by atoms with Crippen molar-refractivity contribution >= 4 is 118 Å². The van der Waals surface area contributed by atoms with E-state index in [0.29, 0.717) is 0 Å². The first-order chi connectivity index (χ1) is 40.5. The van der Waals surface area contributed by atoms with E-state index in [-0.39, 0.29) is 23.0 Å². The summed E-state index contributed by atoms with van der Waals surface area (Å²) in [6.07, 6.45) is 0. The van der Waals surface area contributed by atoms with Gasteiger partial charge in [-0.3, -0.25) is 0 Å². The van der Waals surface area contributed by atoms with Gasteiger partial charge in [0.1, 0.15) is 16.7 Å². The molecule has 2 aromatic heterocycles. The lowest BCUT2D eigenvalue weighted by Crippen LogP contribution is -2.61. The van der Waals surface area contributed by atoms with E-state index in [1.807, 2.05) is 6.07 Å². The highest BCUT2D eigenvalue weighted by Crippen LogP contribution is 2.50. The van der Waals surface area contributed by atoms with E-state index in [2.05, 4.69) is 308 Å². The molecule has 0 radical (unpaired) electrons. The summed E-state index contributed by atoms with van der Waals surface area (Å²) in [5, 5.41) is 4.42. The molecule has 408 valence electrons. The zero-order valence-corrected chi connectivity index (χ0v) is 49.3. The van der Waals surface area contributed by atoms with E-state index in [0.717, 1.165) is 94.8 Å². The minimum Gasteiger partial charge on any atom is -0.455 e. The van der Waals surface area contributed by atoms with E-state index in [4.69, 9.17) is 8.83 Å². The molecule has 2 aliphatic rings. The molecule has 6 heteroatoms. The lowest BCUT2D eigenvalue weighted by Gasteiger charge is -2.45. The quantitative estimate of drug-likeness (QED) is 0.149. The summed E-state index contributed by atoms with van der Waals surface area (Å²) in [4.78, 5) is 7.52. The molecule has 5 nitrogen and oxygen atoms in total. The molecule has 0 aliphatic carbocycles. The van der Waals surface area contributed by atoms with Crippen molar-refractivity contribution in [3.63, 3.8) is 0 Å². The van der Waals surface area contributed by atoms with Gasteiger partial charge < -0.3 is 23.5 Å². The van der Waals surface area contributed by atoms with Gasteiger partial charge in [-0.25, -0.2) is 0 Å². The van der Waals surface area contributed by atoms with Gasteiger partial charge in [0, 0.05) is 72.6 Å². The van der Waals surface area contributed by atoms with Crippen LogP contribution in [-0.2, 0) is 16.2 Å². The lowest BCUT2D eigenvalue weighted by atomic mass is 9.33. The van der Waals surface area contributed by atoms with Crippen LogP contribution in [0.15, 0.2) is 245 Å². The third kappa shape index (κ3) is 8.36. The van der Waals surface area contributed by atoms with E-state index >= 15 is 0 Å². The first-order valence-corrected chi connectivity index (χ1v) is 29.6. The highest BCUT2D eigenvalue weighted by Gasteiger charge is 2.45. The Morgan fingerprint density at radius 3 is 1.49 bits per heavy atom. The van der Waals surface area contributed by atoms with Crippen LogP contribution in [0.25, 0.3) is 66.1 Å². The second-order valence-corrected chi connectivity index (χ2v) is 26.2. The maximum Gasteiger partial charge on any atom is 0.252 e. The van der Waals surface area contributed by atoms with Gasteiger partial charge in [0.05, 0.1) is 5.69 Å². The highest BCUT2D eigenvalue weighted by molar-refractivity contribution is 7.00. The molecule has 2 aliphatic heterocycles. The molecule has 84 heavy (non-hydrogen) atoms. The summed E-state index contributed by atoms with van der Waals surface area (Å²) < 4.78 is 13.6. The Morgan fingerprint density at radius 2 is 0.857 bits per heavy atom. The molecule has 0 spiro atoms. The third-order valence-corrected chi connectivity index (χ3v) is 17.7. The zero-order chi connectivity index (χ0) is 57.4. The molecule has 0 saturated heterocycles. The van der Waals surface area contributed by atoms with E-state index in [1.165, 1.54) is 55.6 Å². The number of furan rings is 2. The molecule has 0 saturated carbocycles. The Balaban J connectivity index is 1.01. The van der Waals surface area contributed by atoms with Gasteiger partial charge in [0.15, 0.2) is 5.58 Å². The first-order valence-electron chi connectivity index (χ1n) is 29.6. The van der Waals surface area contributed by atoms with Gasteiger partial charge in [-0.05, 0) is 151 Å². The van der Waals surface area contributed by atoms with E-state index in [1.54, 1.807) is 0 Å². The molecule has 0 atom stereocenters. The fraction of sp³-hybridized carbons (Fsp3) is 0.154. The minimum atomic E-state index is -0.204. The standard InChI is InChI=1S/C78H66BN3O2/c1-76(2,3)52-32-38-55(39-33-52)80(67-26-18-25-63-61-22-14-16-28-72(61)84-75(63)67)58-42-43-64-68(48-58)82(56-36-29-50(30-37-56)59-23-17-24-62-60-21-13-15-27-71(60)83-74(59)62)70-47-54(78(7,8)9)46-69-73(70)79(64)65-45-51(49-19-11-10-12-20-49)31-44-66(65)81(69)57-40-34-53(35-41-57)77(4,5)6/h10-48H,1-9H3. The molecular formula is C78H66BN3O2. The fourth-order valence-corrected chi connectivity index (χ4v) is 13.2. The number of hydrogen-bond acceptors (Lipinski definition) is 5. The molecule has 0 unspecified atom stereocenters. The Hall–Kier alpha value is -9.52. The summed E-state index contributed by atoms with van der Waals surface area (Å²) in [6, 6.07) is 87.7. The molecule has 11 aromatic carbocycles. The average molecular weight is 1090 g/mol. The Kier molecular flexibility index (Phi) is 11.6. The predicted octanol–water partition coefficient (Wildman–Crippen LogP) is 20.3. The number of fused-ring (bicyclic) bond motifs is 10. The van der Waals surface area contributed by atoms with Crippen LogP contribution in [-0.4, -0.2) is 6.71 Å². The maximum absolute atomic E-state index is 6.92. The number of nitrogens with zero attached hydrogens (tertiary/aromatic N) is 3. The smallest absolute Gasteiger partial charge is 0.252 e. The van der Waals surface area contributed by atoms with Crippen molar-refractivity contribution in [1.29, 1.82) is 0 Å². The van der Waals surface area contributed by atoms with Gasteiger partial charge in [0.2, 0.25) is 0 Å². The van der Waals surface area contributed by atoms with Crippen LogP contribution >= 0.6 is 0 Å². The third-order valence-electron chi connectivity index (χ3n) is 17.7. The van der Waals surface area contributed by atoms with Gasteiger partial charge in [0.25, 0.3) is 6.71 Å². The Labute approximate surface area is 493 Å². The van der Waals surface area contributed by atoms with E-state index < -0.39 is 0 Å². The molecule has 13 aromatic rings. The van der Waals surface area contributed by atoms with Gasteiger partial charge in [-0.1, -0.05) is 214 Å². The highest BCUT2D eigenvalue weighted by atomic mass is 16.3. The SMILES string of the molecule is CC(C)(C)c1ccc(N2c3ccc(-c4ccccc4)cc3B3c4ccc(N(c5ccc(C(C)(C)C)cc5)c5cccc6c5oc5ccccc56)cc4N(c4ccc(-c5cccc6c5oc5ccccc56)cc4)c4cc(C(C)(C)C)cc2c43)cc1. The largest absolute Gasteiger partial charge is 0.455 e. The maximum atomic E-state index is 6.92. The molecule has 4 heterocycles. The molecule has 0 bridgehead atoms. The normalized spacial score (nSPS) is 13.2. The summed E-state index contributed by atoms with van der Waals surface area (Å²) >= 11 is 0. The van der Waals surface area contributed by atoms with Crippen LogP contribution in [0.5, 0.6) is 0 Å². The van der Waals surface area contributed by atoms with Gasteiger partial charge >= 0.3 is 0 Å². The Bertz CT molecular complexity index is 4720. The average Bonchev–Trinajstić information content (AvgIpc) is 0.988. The fourth-order valence-electron chi connectivity index (χ4n) is 13.2. The zero-order valence-electron chi connectivity index (χ0n) is 49.3. The topological polar surface area (TPSA) is 36.0 Å². The predicted molar refractivity (Wildman–Crippen MR) is 357 cm³/mol. The monoisotopic (exact) mass is 1090 g/mol. The van der Waals surface area contributed by atoms with Crippen molar-refractivity contribution in [3.8, 4) is 22.3 Å². The van der Waals surface area contributed by atoms with Gasteiger partial charge in [-0.15, -0.1) is 0 Å². The van der Waals surface area contributed by atoms with Crippen LogP contribution in [0.4, 0.5) is 51.2 Å². The number of anilines is 9. The number of benzene rings is 11. The van der Waals surface area contributed by atoms with Crippen molar-refractivity contribution in [2.45, 2.75) is 78.6 Å². The minimum absolute atomic E-state index is 0.000553. The summed E-state index contributed by atoms with van der Waals surface area (Å²) in [5.41, 5.74) is 25.3. The van der Waals surface area contributed by atoms with Crippen LogP contribution in [0, 0.1) is 0 Å². The number of hydrogen-bond donors (Lipinski definition) is 0. The number of rotatable bonds is 7. The molecule has 0 fully saturated rings. The van der Waals surface area contributed by atoms with Crippen LogP contribution in [0.2, 0.25) is 0 Å². The van der Waals surface area contributed by atoms with Crippen LogP contribution < -0.4 is 31.1 Å². The molecule has 0 N–H and O–H groups in total. The number of para-hydroxylation sites is 4. The van der Waals surface area contributed by atoms with Crippen LogP contribution in [0.1, 0.15) is 79.0 Å². The summed E-state index contributed by atoms with van der Waals surface area (Å²) in [6.45, 7) is 20.6.